The van der Waals surface area contributed by atoms with Crippen molar-refractivity contribution in [1.82, 2.24) is 5.32 Å². The number of hydrogen-bond donors (Lipinski definition) is 1. The second-order valence-corrected chi connectivity index (χ2v) is 6.13. The van der Waals surface area contributed by atoms with E-state index in [-0.39, 0.29) is 5.75 Å². The van der Waals surface area contributed by atoms with E-state index in [0.29, 0.717) is 11.4 Å². The number of benzene rings is 1. The van der Waals surface area contributed by atoms with Crippen molar-refractivity contribution < 1.29 is 8.42 Å². The highest BCUT2D eigenvalue weighted by Gasteiger charge is 2.17. The molecule has 0 aliphatic rings. The Morgan fingerprint density at radius 3 is 2.31 bits per heavy atom. The predicted molar refractivity (Wildman–Crippen MR) is 66.6 cm³/mol. The highest BCUT2D eigenvalue weighted by Crippen LogP contribution is 2.22. The summed E-state index contributed by atoms with van der Waals surface area (Å²) in [6.07, 6.45) is 0. The molecule has 3 nitrogen and oxygen atoms in total. The van der Waals surface area contributed by atoms with E-state index in [1.807, 2.05) is 26.8 Å². The summed E-state index contributed by atoms with van der Waals surface area (Å²) in [5.74, 6) is 0.146. The Morgan fingerprint density at radius 1 is 1.12 bits per heavy atom. The number of aryl methyl sites for hydroxylation is 1. The predicted octanol–water partition coefficient (Wildman–Crippen LogP) is 1.60. The van der Waals surface area contributed by atoms with Gasteiger partial charge < -0.3 is 5.32 Å². The first-order chi connectivity index (χ1) is 7.40. The summed E-state index contributed by atoms with van der Waals surface area (Å²) in [4.78, 5) is 0.464. The van der Waals surface area contributed by atoms with Gasteiger partial charge in [0, 0.05) is 6.54 Å². The van der Waals surface area contributed by atoms with Crippen molar-refractivity contribution in [1.29, 1.82) is 0 Å². The molecular weight excluding hydrogens is 222 g/mol. The normalized spacial score (nSPS) is 11.8. The summed E-state index contributed by atoms with van der Waals surface area (Å²) in [5, 5.41) is 2.86. The Kier molecular flexibility index (Phi) is 4.10. The third-order valence-corrected chi connectivity index (χ3v) is 4.82. The molecule has 1 N–H and O–H groups in total. The zero-order chi connectivity index (χ0) is 12.3. The Balaban J connectivity index is 3.19. The Hall–Kier alpha value is -0.870. The van der Waals surface area contributed by atoms with E-state index in [2.05, 4.69) is 5.32 Å². The lowest BCUT2D eigenvalue weighted by atomic mass is 10.1. The Bertz CT molecular complexity index is 478. The molecule has 0 bridgehead atoms. The van der Waals surface area contributed by atoms with Crippen LogP contribution >= 0.6 is 0 Å². The quantitative estimate of drug-likeness (QED) is 0.871. The first-order valence-electron chi connectivity index (χ1n) is 5.34. The second-order valence-electron chi connectivity index (χ2n) is 4.05. The van der Waals surface area contributed by atoms with Crippen molar-refractivity contribution in [2.45, 2.75) is 25.7 Å². The molecule has 4 heteroatoms. The van der Waals surface area contributed by atoms with Crippen LogP contribution in [0.25, 0.3) is 0 Å². The van der Waals surface area contributed by atoms with Gasteiger partial charge in [0.2, 0.25) is 0 Å². The van der Waals surface area contributed by atoms with Crippen molar-refractivity contribution in [2.75, 3.05) is 19.3 Å². The molecule has 16 heavy (non-hydrogen) atoms. The molecule has 0 saturated heterocycles. The van der Waals surface area contributed by atoms with Gasteiger partial charge >= 0.3 is 0 Å². The lowest BCUT2D eigenvalue weighted by Gasteiger charge is -2.11. The minimum atomic E-state index is -3.15. The number of hydrogen-bond acceptors (Lipinski definition) is 3. The molecule has 90 valence electrons. The van der Waals surface area contributed by atoms with Crippen molar-refractivity contribution in [3.05, 3.63) is 28.8 Å². The number of nitrogens with one attached hydrogen (secondary N) is 1. The fourth-order valence-corrected chi connectivity index (χ4v) is 3.20. The Morgan fingerprint density at radius 2 is 1.75 bits per heavy atom. The smallest absolute Gasteiger partial charge is 0.179 e. The van der Waals surface area contributed by atoms with Crippen LogP contribution in [-0.2, 0) is 9.84 Å². The maximum absolute atomic E-state index is 12.0. The van der Waals surface area contributed by atoms with E-state index in [1.54, 1.807) is 13.1 Å². The van der Waals surface area contributed by atoms with Crippen molar-refractivity contribution >= 4 is 9.84 Å². The molecule has 0 radical (unpaired) electrons. The van der Waals surface area contributed by atoms with Gasteiger partial charge in [-0.15, -0.1) is 0 Å². The van der Waals surface area contributed by atoms with Gasteiger partial charge in [0.15, 0.2) is 9.84 Å². The summed E-state index contributed by atoms with van der Waals surface area (Å²) in [6, 6.07) is 3.58. The summed E-state index contributed by atoms with van der Waals surface area (Å²) in [5.41, 5.74) is 3.06. The van der Waals surface area contributed by atoms with Crippen LogP contribution in [0.15, 0.2) is 17.0 Å². The zero-order valence-corrected chi connectivity index (χ0v) is 11.1. The number of sulfone groups is 1. The van der Waals surface area contributed by atoms with Gasteiger partial charge in [-0.05, 0) is 50.6 Å². The summed E-state index contributed by atoms with van der Waals surface area (Å²) in [7, 11) is -1.40. The molecule has 0 atom stereocenters. The maximum Gasteiger partial charge on any atom is 0.179 e. The van der Waals surface area contributed by atoms with Crippen molar-refractivity contribution in [3.63, 3.8) is 0 Å². The molecule has 0 saturated carbocycles. The van der Waals surface area contributed by atoms with Crippen LogP contribution < -0.4 is 5.32 Å². The first-order valence-corrected chi connectivity index (χ1v) is 6.99. The zero-order valence-electron chi connectivity index (χ0n) is 10.3. The third-order valence-electron chi connectivity index (χ3n) is 2.96. The van der Waals surface area contributed by atoms with Gasteiger partial charge in [-0.1, -0.05) is 6.07 Å². The van der Waals surface area contributed by atoms with Gasteiger partial charge in [0.1, 0.15) is 0 Å². The van der Waals surface area contributed by atoms with E-state index in [9.17, 15) is 8.42 Å². The monoisotopic (exact) mass is 241 g/mol. The summed E-state index contributed by atoms with van der Waals surface area (Å²) >= 11 is 0. The van der Waals surface area contributed by atoms with Gasteiger partial charge in [-0.2, -0.15) is 0 Å². The van der Waals surface area contributed by atoms with Crippen LogP contribution in [0.5, 0.6) is 0 Å². The molecule has 0 spiro atoms. The van der Waals surface area contributed by atoms with E-state index in [1.165, 1.54) is 0 Å². The van der Waals surface area contributed by atoms with Crippen LogP contribution in [0.4, 0.5) is 0 Å². The molecule has 0 aromatic heterocycles. The van der Waals surface area contributed by atoms with Gasteiger partial charge in [0.05, 0.1) is 10.6 Å². The molecule has 1 aromatic rings. The molecule has 0 unspecified atom stereocenters. The minimum Gasteiger partial charge on any atom is -0.319 e. The van der Waals surface area contributed by atoms with Gasteiger partial charge in [0.25, 0.3) is 0 Å². The van der Waals surface area contributed by atoms with Crippen molar-refractivity contribution in [2.24, 2.45) is 0 Å². The maximum atomic E-state index is 12.0. The molecule has 0 amide bonds. The van der Waals surface area contributed by atoms with E-state index >= 15 is 0 Å². The van der Waals surface area contributed by atoms with Crippen LogP contribution in [0.1, 0.15) is 16.7 Å². The lowest BCUT2D eigenvalue weighted by molar-refractivity contribution is 0.593. The van der Waals surface area contributed by atoms with E-state index in [4.69, 9.17) is 0 Å². The fourth-order valence-electron chi connectivity index (χ4n) is 1.61. The lowest BCUT2D eigenvalue weighted by Crippen LogP contribution is -2.20. The molecule has 0 aliphatic heterocycles. The summed E-state index contributed by atoms with van der Waals surface area (Å²) < 4.78 is 24.1. The largest absolute Gasteiger partial charge is 0.319 e. The van der Waals surface area contributed by atoms with Gasteiger partial charge in [-0.25, -0.2) is 8.42 Å². The second kappa shape index (κ2) is 4.97. The van der Waals surface area contributed by atoms with Crippen LogP contribution in [0, 0.1) is 20.8 Å². The molecule has 0 fully saturated rings. The fraction of sp³-hybridized carbons (Fsp3) is 0.500. The highest BCUT2D eigenvalue weighted by molar-refractivity contribution is 7.91. The van der Waals surface area contributed by atoms with Crippen LogP contribution in [0.3, 0.4) is 0 Å². The molecule has 1 rings (SSSR count). The Labute approximate surface area is 97.8 Å². The van der Waals surface area contributed by atoms with Gasteiger partial charge in [-0.3, -0.25) is 0 Å². The molecular formula is C12H19NO2S. The average Bonchev–Trinajstić information content (AvgIpc) is 2.23. The minimum absolute atomic E-state index is 0.146. The third kappa shape index (κ3) is 2.62. The molecule has 0 aliphatic carbocycles. The summed E-state index contributed by atoms with van der Waals surface area (Å²) in [6.45, 7) is 6.30. The van der Waals surface area contributed by atoms with E-state index in [0.717, 1.165) is 16.7 Å². The average molecular weight is 241 g/mol. The van der Waals surface area contributed by atoms with Crippen LogP contribution in [0.2, 0.25) is 0 Å². The molecule has 0 heterocycles. The number of rotatable bonds is 4. The highest BCUT2D eigenvalue weighted by atomic mass is 32.2. The SMILES string of the molecule is CNCCS(=O)(=O)c1ccc(C)c(C)c1C. The van der Waals surface area contributed by atoms with E-state index < -0.39 is 9.84 Å². The van der Waals surface area contributed by atoms with Crippen LogP contribution in [-0.4, -0.2) is 27.8 Å². The van der Waals surface area contributed by atoms with Crippen molar-refractivity contribution in [3.8, 4) is 0 Å². The standard InChI is InChI=1S/C12H19NO2S/c1-9-5-6-12(11(3)10(9)2)16(14,15)8-7-13-4/h5-6,13H,7-8H2,1-4H3. The first kappa shape index (κ1) is 13.2. The topological polar surface area (TPSA) is 46.2 Å². The molecule has 1 aromatic carbocycles.